The van der Waals surface area contributed by atoms with Gasteiger partial charge in [0, 0.05) is 23.4 Å². The second-order valence-corrected chi connectivity index (χ2v) is 5.29. The zero-order chi connectivity index (χ0) is 15.4. The van der Waals surface area contributed by atoms with E-state index in [0.717, 1.165) is 25.7 Å². The first-order valence-electron chi connectivity index (χ1n) is 7.00. The van der Waals surface area contributed by atoms with E-state index in [-0.39, 0.29) is 23.8 Å². The molecular weight excluding hydrogens is 258 g/mol. The number of hydrogen-bond donors (Lipinski definition) is 2. The first kappa shape index (κ1) is 18.2. The van der Waals surface area contributed by atoms with E-state index < -0.39 is 0 Å². The number of nitrogens with one attached hydrogen (secondary N) is 2. The van der Waals surface area contributed by atoms with Gasteiger partial charge in [0.05, 0.1) is 0 Å². The molecule has 0 bridgehead atoms. The summed E-state index contributed by atoms with van der Waals surface area (Å²) < 4.78 is 0. The summed E-state index contributed by atoms with van der Waals surface area (Å²) in [4.78, 5) is 25.4. The molecule has 20 heavy (non-hydrogen) atoms. The molecule has 0 rings (SSSR count). The Kier molecular flexibility index (Phi) is 9.20. The number of amides is 2. The van der Waals surface area contributed by atoms with Crippen LogP contribution in [0.1, 0.15) is 46.5 Å². The van der Waals surface area contributed by atoms with Crippen LogP contribution >= 0.6 is 0 Å². The van der Waals surface area contributed by atoms with Gasteiger partial charge in [0.2, 0.25) is 11.8 Å². The fourth-order valence-corrected chi connectivity index (χ4v) is 1.41. The smallest absolute Gasteiger partial charge is 0.225 e. The van der Waals surface area contributed by atoms with Crippen molar-refractivity contribution in [2.75, 3.05) is 19.6 Å². The third-order valence-electron chi connectivity index (χ3n) is 3.24. The van der Waals surface area contributed by atoms with Crippen molar-refractivity contribution in [3.05, 3.63) is 10.4 Å². The monoisotopic (exact) mass is 283 g/mol. The Morgan fingerprint density at radius 3 is 2.30 bits per heavy atom. The van der Waals surface area contributed by atoms with Gasteiger partial charge in [-0.1, -0.05) is 25.9 Å². The molecule has 0 aliphatic rings. The third kappa shape index (κ3) is 8.37. The SMILES string of the molecule is CCC(C)(C)C(=O)NCCCCCNC(=O)CN=[N+]=[N-]. The number of nitrogens with zero attached hydrogens (tertiary/aromatic N) is 3. The van der Waals surface area contributed by atoms with Crippen LogP contribution < -0.4 is 10.6 Å². The van der Waals surface area contributed by atoms with Crippen molar-refractivity contribution in [2.45, 2.75) is 46.5 Å². The number of unbranched alkanes of at least 4 members (excludes halogenated alkanes) is 2. The number of rotatable bonds is 10. The molecule has 0 fully saturated rings. The second kappa shape index (κ2) is 10.1. The first-order valence-corrected chi connectivity index (χ1v) is 7.00. The van der Waals surface area contributed by atoms with Crippen molar-refractivity contribution in [2.24, 2.45) is 10.5 Å². The lowest BCUT2D eigenvalue weighted by atomic mass is 9.89. The molecule has 0 aromatic rings. The zero-order valence-electron chi connectivity index (χ0n) is 12.6. The van der Waals surface area contributed by atoms with Gasteiger partial charge in [-0.2, -0.15) is 0 Å². The van der Waals surface area contributed by atoms with E-state index >= 15 is 0 Å². The van der Waals surface area contributed by atoms with Crippen LogP contribution in [-0.2, 0) is 9.59 Å². The average molecular weight is 283 g/mol. The van der Waals surface area contributed by atoms with Crippen molar-refractivity contribution in [1.29, 1.82) is 0 Å². The normalized spacial score (nSPS) is 10.6. The highest BCUT2D eigenvalue weighted by Crippen LogP contribution is 2.19. The fourth-order valence-electron chi connectivity index (χ4n) is 1.41. The maximum atomic E-state index is 11.8. The minimum Gasteiger partial charge on any atom is -0.356 e. The highest BCUT2D eigenvalue weighted by Gasteiger charge is 2.24. The molecule has 7 nitrogen and oxygen atoms in total. The van der Waals surface area contributed by atoms with Crippen molar-refractivity contribution in [3.8, 4) is 0 Å². The molecule has 0 aromatic heterocycles. The van der Waals surface area contributed by atoms with Gasteiger partial charge in [0.15, 0.2) is 0 Å². The van der Waals surface area contributed by atoms with Gasteiger partial charge in [-0.3, -0.25) is 9.59 Å². The number of azide groups is 1. The Balaban J connectivity index is 3.52. The fraction of sp³-hybridized carbons (Fsp3) is 0.846. The van der Waals surface area contributed by atoms with Crippen molar-refractivity contribution in [1.82, 2.24) is 10.6 Å². The van der Waals surface area contributed by atoms with Gasteiger partial charge in [-0.05, 0) is 31.2 Å². The summed E-state index contributed by atoms with van der Waals surface area (Å²) in [6.07, 6.45) is 3.47. The standard InChI is InChI=1S/C13H25N5O2/c1-4-13(2,3)12(20)16-9-7-5-6-8-15-11(19)10-17-18-14/h4-10H2,1-3H3,(H,15,19)(H,16,20). The Labute approximate surface area is 120 Å². The van der Waals surface area contributed by atoms with E-state index in [1.165, 1.54) is 0 Å². The summed E-state index contributed by atoms with van der Waals surface area (Å²) in [5.74, 6) is -0.177. The Hall–Kier alpha value is -1.75. The predicted octanol–water partition coefficient (Wildman–Crippen LogP) is 2.14. The van der Waals surface area contributed by atoms with E-state index in [2.05, 4.69) is 20.7 Å². The van der Waals surface area contributed by atoms with E-state index in [9.17, 15) is 9.59 Å². The lowest BCUT2D eigenvalue weighted by Gasteiger charge is -2.21. The average Bonchev–Trinajstić information content (AvgIpc) is 2.43. The molecule has 2 N–H and O–H groups in total. The van der Waals surface area contributed by atoms with Gasteiger partial charge in [-0.15, -0.1) is 0 Å². The van der Waals surface area contributed by atoms with E-state index in [4.69, 9.17) is 5.53 Å². The third-order valence-corrected chi connectivity index (χ3v) is 3.24. The van der Waals surface area contributed by atoms with Crippen molar-refractivity contribution < 1.29 is 9.59 Å². The summed E-state index contributed by atoms with van der Waals surface area (Å²) in [5, 5.41) is 8.75. The topological polar surface area (TPSA) is 107 Å². The highest BCUT2D eigenvalue weighted by molar-refractivity contribution is 5.81. The van der Waals surface area contributed by atoms with Gasteiger partial charge < -0.3 is 10.6 Å². The predicted molar refractivity (Wildman–Crippen MR) is 78.0 cm³/mol. The molecular formula is C13H25N5O2. The molecule has 114 valence electrons. The molecule has 0 aliphatic carbocycles. The molecule has 0 saturated heterocycles. The second-order valence-electron chi connectivity index (χ2n) is 5.29. The Morgan fingerprint density at radius 1 is 1.15 bits per heavy atom. The lowest BCUT2D eigenvalue weighted by molar-refractivity contribution is -0.129. The molecule has 0 radical (unpaired) electrons. The minimum atomic E-state index is -0.310. The molecule has 2 amide bonds. The van der Waals surface area contributed by atoms with Crippen LogP contribution in [0.5, 0.6) is 0 Å². The maximum Gasteiger partial charge on any atom is 0.225 e. The summed E-state index contributed by atoms with van der Waals surface area (Å²) in [6, 6.07) is 0. The van der Waals surface area contributed by atoms with Crippen molar-refractivity contribution >= 4 is 11.8 Å². The van der Waals surface area contributed by atoms with Crippen LogP contribution in [0.15, 0.2) is 5.11 Å². The van der Waals surface area contributed by atoms with Crippen LogP contribution in [-0.4, -0.2) is 31.4 Å². The summed E-state index contributed by atoms with van der Waals surface area (Å²) in [6.45, 7) is 6.93. The molecule has 0 spiro atoms. The molecule has 0 unspecified atom stereocenters. The molecule has 0 aliphatic heterocycles. The summed E-state index contributed by atoms with van der Waals surface area (Å²) in [5.41, 5.74) is 7.74. The zero-order valence-corrected chi connectivity index (χ0v) is 12.6. The van der Waals surface area contributed by atoms with Gasteiger partial charge in [0.1, 0.15) is 6.54 Å². The molecule has 0 saturated carbocycles. The van der Waals surface area contributed by atoms with Crippen LogP contribution in [0.4, 0.5) is 0 Å². The number of hydrogen-bond acceptors (Lipinski definition) is 3. The van der Waals surface area contributed by atoms with E-state index in [1.54, 1.807) is 0 Å². The van der Waals surface area contributed by atoms with Crippen LogP contribution in [0.25, 0.3) is 10.4 Å². The lowest BCUT2D eigenvalue weighted by Crippen LogP contribution is -2.37. The minimum absolute atomic E-state index is 0.0858. The number of carbonyl (C=O) groups is 2. The van der Waals surface area contributed by atoms with Crippen LogP contribution in [0.3, 0.4) is 0 Å². The first-order chi connectivity index (χ1) is 9.44. The largest absolute Gasteiger partial charge is 0.356 e. The maximum absolute atomic E-state index is 11.8. The molecule has 0 atom stereocenters. The van der Waals surface area contributed by atoms with Gasteiger partial charge >= 0.3 is 0 Å². The highest BCUT2D eigenvalue weighted by atomic mass is 16.2. The quantitative estimate of drug-likeness (QED) is 0.277. The summed E-state index contributed by atoms with van der Waals surface area (Å²) in [7, 11) is 0. The molecule has 0 heterocycles. The van der Waals surface area contributed by atoms with Crippen LogP contribution in [0, 0.1) is 5.41 Å². The van der Waals surface area contributed by atoms with E-state index in [0.29, 0.717) is 13.1 Å². The Bertz CT molecular complexity index is 362. The van der Waals surface area contributed by atoms with E-state index in [1.807, 2.05) is 20.8 Å². The van der Waals surface area contributed by atoms with Gasteiger partial charge in [-0.25, -0.2) is 0 Å². The van der Waals surface area contributed by atoms with Gasteiger partial charge in [0.25, 0.3) is 0 Å². The summed E-state index contributed by atoms with van der Waals surface area (Å²) >= 11 is 0. The van der Waals surface area contributed by atoms with Crippen LogP contribution in [0.2, 0.25) is 0 Å². The number of carbonyl (C=O) groups excluding carboxylic acids is 2. The molecule has 0 aromatic carbocycles. The van der Waals surface area contributed by atoms with Crippen molar-refractivity contribution in [3.63, 3.8) is 0 Å². The Morgan fingerprint density at radius 2 is 1.75 bits per heavy atom. The molecule has 7 heteroatoms.